The number of carbonyl (C=O) groups excluding carboxylic acids is 1. The van der Waals surface area contributed by atoms with E-state index in [0.717, 1.165) is 6.42 Å². The first-order chi connectivity index (χ1) is 8.12. The Morgan fingerprint density at radius 2 is 2.35 bits per heavy atom. The van der Waals surface area contributed by atoms with Crippen molar-refractivity contribution in [2.45, 2.75) is 18.6 Å². The van der Waals surface area contributed by atoms with Crippen LogP contribution in [-0.4, -0.2) is 17.4 Å². The predicted molar refractivity (Wildman–Crippen MR) is 67.3 cm³/mol. The molecule has 0 aliphatic heterocycles. The zero-order valence-electron chi connectivity index (χ0n) is 9.66. The molecule has 90 valence electrons. The Morgan fingerprint density at radius 3 is 2.88 bits per heavy atom. The molecule has 0 unspecified atom stereocenters. The molecule has 0 fully saturated rings. The molecular formula is C12H13FN2OS. The molecule has 1 atom stereocenters. The lowest BCUT2D eigenvalue weighted by molar-refractivity contribution is -0.115. The Morgan fingerprint density at radius 1 is 1.65 bits per heavy atom. The smallest absolute Gasteiger partial charge is 0.237 e. The van der Waals surface area contributed by atoms with Gasteiger partial charge in [-0.25, -0.2) is 4.39 Å². The fraction of sp³-hybridized carbons (Fsp3) is 0.333. The number of nitrogens with zero attached hydrogens (tertiary/aromatic N) is 1. The van der Waals surface area contributed by atoms with Gasteiger partial charge in [0, 0.05) is 5.69 Å². The van der Waals surface area contributed by atoms with Crippen LogP contribution in [0.3, 0.4) is 0 Å². The Labute approximate surface area is 104 Å². The van der Waals surface area contributed by atoms with Crippen molar-refractivity contribution in [3.8, 4) is 6.07 Å². The molecule has 3 nitrogen and oxygen atoms in total. The fourth-order valence-electron chi connectivity index (χ4n) is 1.37. The quantitative estimate of drug-likeness (QED) is 0.896. The number of halogens is 1. The van der Waals surface area contributed by atoms with Crippen LogP contribution in [0.4, 0.5) is 10.1 Å². The number of anilines is 1. The number of nitriles is 1. The van der Waals surface area contributed by atoms with Gasteiger partial charge in [0.25, 0.3) is 0 Å². The van der Waals surface area contributed by atoms with E-state index in [0.29, 0.717) is 5.69 Å². The normalized spacial score (nSPS) is 11.6. The molecule has 0 aromatic heterocycles. The van der Waals surface area contributed by atoms with Gasteiger partial charge in [0.1, 0.15) is 11.9 Å². The summed E-state index contributed by atoms with van der Waals surface area (Å²) in [6, 6.07) is 5.69. The monoisotopic (exact) mass is 252 g/mol. The van der Waals surface area contributed by atoms with Crippen LogP contribution in [-0.2, 0) is 4.79 Å². The fourth-order valence-corrected chi connectivity index (χ4v) is 1.98. The highest BCUT2D eigenvalue weighted by Crippen LogP contribution is 2.17. The molecule has 1 rings (SSSR count). The molecule has 0 heterocycles. The molecular weight excluding hydrogens is 239 g/mol. The lowest BCUT2D eigenvalue weighted by Gasteiger charge is -2.12. The van der Waals surface area contributed by atoms with Crippen LogP contribution in [0.5, 0.6) is 0 Å². The van der Waals surface area contributed by atoms with Crippen LogP contribution in [0.25, 0.3) is 0 Å². The molecule has 5 heteroatoms. The summed E-state index contributed by atoms with van der Waals surface area (Å²) in [5, 5.41) is 11.2. The van der Waals surface area contributed by atoms with E-state index in [1.54, 1.807) is 6.07 Å². The van der Waals surface area contributed by atoms with E-state index in [4.69, 9.17) is 5.26 Å². The van der Waals surface area contributed by atoms with Gasteiger partial charge in [-0.05, 0) is 30.9 Å². The molecule has 1 aromatic carbocycles. The molecule has 1 amide bonds. The van der Waals surface area contributed by atoms with Gasteiger partial charge in [-0.3, -0.25) is 4.79 Å². The summed E-state index contributed by atoms with van der Waals surface area (Å²) in [4.78, 5) is 11.8. The third-order valence-electron chi connectivity index (χ3n) is 2.30. The summed E-state index contributed by atoms with van der Waals surface area (Å²) in [7, 11) is 0. The van der Waals surface area contributed by atoms with Gasteiger partial charge < -0.3 is 5.32 Å². The lowest BCUT2D eigenvalue weighted by Crippen LogP contribution is -2.24. The number of hydrogen-bond acceptors (Lipinski definition) is 3. The molecule has 1 N–H and O–H groups in total. The Kier molecular flexibility index (Phi) is 4.98. The number of hydrogen-bond donors (Lipinski definition) is 1. The minimum absolute atomic E-state index is 0.0694. The van der Waals surface area contributed by atoms with Crippen molar-refractivity contribution in [1.29, 1.82) is 5.26 Å². The Balaban J connectivity index is 2.82. The summed E-state index contributed by atoms with van der Waals surface area (Å²) in [5.74, 6) is -0.710. The second-order valence-electron chi connectivity index (χ2n) is 3.43. The maximum absolute atomic E-state index is 13.1. The zero-order valence-corrected chi connectivity index (χ0v) is 10.5. The molecule has 0 bridgehead atoms. The molecule has 1 aromatic rings. The third-order valence-corrected chi connectivity index (χ3v) is 3.42. The number of rotatable bonds is 4. The van der Waals surface area contributed by atoms with Crippen molar-refractivity contribution in [2.24, 2.45) is 0 Å². The Hall–Kier alpha value is -1.54. The maximum atomic E-state index is 13.1. The largest absolute Gasteiger partial charge is 0.325 e. The van der Waals surface area contributed by atoms with E-state index < -0.39 is 5.82 Å². The van der Waals surface area contributed by atoms with E-state index >= 15 is 0 Å². The summed E-state index contributed by atoms with van der Waals surface area (Å²) < 4.78 is 13.1. The maximum Gasteiger partial charge on any atom is 0.237 e. The summed E-state index contributed by atoms with van der Waals surface area (Å²) in [6.45, 7) is 1.92. The van der Waals surface area contributed by atoms with Crippen molar-refractivity contribution in [1.82, 2.24) is 0 Å². The van der Waals surface area contributed by atoms with E-state index in [-0.39, 0.29) is 16.7 Å². The SMILES string of the molecule is CC[C@H](SC)C(=O)Nc1ccc(F)c(C#N)c1. The first-order valence-electron chi connectivity index (χ1n) is 5.15. The van der Waals surface area contributed by atoms with Gasteiger partial charge in [-0.2, -0.15) is 17.0 Å². The van der Waals surface area contributed by atoms with Crippen molar-refractivity contribution < 1.29 is 9.18 Å². The number of thioether (sulfide) groups is 1. The standard InChI is InChI=1S/C12H13FN2OS/c1-3-11(17-2)12(16)15-9-4-5-10(13)8(6-9)7-14/h4-6,11H,3H2,1-2H3,(H,15,16)/t11-/m0/s1. The second-order valence-corrected chi connectivity index (χ2v) is 4.47. The first kappa shape index (κ1) is 13.5. The molecule has 0 spiro atoms. The van der Waals surface area contributed by atoms with Crippen LogP contribution in [0.2, 0.25) is 0 Å². The highest BCUT2D eigenvalue weighted by atomic mass is 32.2. The van der Waals surface area contributed by atoms with E-state index in [1.807, 2.05) is 13.2 Å². The summed E-state index contributed by atoms with van der Waals surface area (Å²) >= 11 is 1.46. The average Bonchev–Trinajstić information content (AvgIpc) is 2.33. The van der Waals surface area contributed by atoms with Crippen LogP contribution in [0, 0.1) is 17.1 Å². The number of nitrogens with one attached hydrogen (secondary N) is 1. The van der Waals surface area contributed by atoms with Crippen LogP contribution in [0.15, 0.2) is 18.2 Å². The first-order valence-corrected chi connectivity index (χ1v) is 6.44. The number of amides is 1. The molecule has 0 aliphatic rings. The van der Waals surface area contributed by atoms with E-state index in [2.05, 4.69) is 5.32 Å². The minimum atomic E-state index is -0.581. The highest BCUT2D eigenvalue weighted by Gasteiger charge is 2.15. The van der Waals surface area contributed by atoms with Gasteiger partial charge in [0.2, 0.25) is 5.91 Å². The van der Waals surface area contributed by atoms with Crippen molar-refractivity contribution in [3.63, 3.8) is 0 Å². The lowest BCUT2D eigenvalue weighted by atomic mass is 10.2. The van der Waals surface area contributed by atoms with E-state index in [9.17, 15) is 9.18 Å². The van der Waals surface area contributed by atoms with Crippen molar-refractivity contribution in [2.75, 3.05) is 11.6 Å². The van der Waals surface area contributed by atoms with Gasteiger partial charge in [-0.1, -0.05) is 6.92 Å². The van der Waals surface area contributed by atoms with Crippen molar-refractivity contribution in [3.05, 3.63) is 29.6 Å². The highest BCUT2D eigenvalue weighted by molar-refractivity contribution is 7.99. The van der Waals surface area contributed by atoms with Crippen LogP contribution in [0.1, 0.15) is 18.9 Å². The van der Waals surface area contributed by atoms with Gasteiger partial charge in [0.15, 0.2) is 0 Å². The van der Waals surface area contributed by atoms with Gasteiger partial charge >= 0.3 is 0 Å². The van der Waals surface area contributed by atoms with Gasteiger partial charge in [-0.15, -0.1) is 0 Å². The Bertz CT molecular complexity index is 452. The molecule has 0 saturated carbocycles. The van der Waals surface area contributed by atoms with Crippen LogP contribution >= 0.6 is 11.8 Å². The zero-order chi connectivity index (χ0) is 12.8. The topological polar surface area (TPSA) is 52.9 Å². The molecule has 0 aliphatic carbocycles. The summed E-state index contributed by atoms with van der Waals surface area (Å²) in [6.07, 6.45) is 2.58. The molecule has 17 heavy (non-hydrogen) atoms. The third kappa shape index (κ3) is 3.46. The predicted octanol–water partition coefficient (Wildman–Crippen LogP) is 2.78. The minimum Gasteiger partial charge on any atom is -0.325 e. The molecule has 0 saturated heterocycles. The van der Waals surface area contributed by atoms with Gasteiger partial charge in [0.05, 0.1) is 10.8 Å². The number of benzene rings is 1. The van der Waals surface area contributed by atoms with Crippen LogP contribution < -0.4 is 5.32 Å². The van der Waals surface area contributed by atoms with Crippen molar-refractivity contribution >= 4 is 23.4 Å². The summed E-state index contributed by atoms with van der Waals surface area (Å²) in [5.41, 5.74) is 0.375. The molecule has 0 radical (unpaired) electrons. The van der Waals surface area contributed by atoms with E-state index in [1.165, 1.54) is 30.0 Å². The number of carbonyl (C=O) groups is 1. The second kappa shape index (κ2) is 6.26. The average molecular weight is 252 g/mol.